The minimum absolute atomic E-state index is 0.728. The molecule has 2 aliphatic rings. The number of likely N-dealkylation sites (tertiary alicyclic amines) is 1. The number of hydrogen-bond acceptors (Lipinski definition) is 2. The first-order chi connectivity index (χ1) is 8.65. The van der Waals surface area contributed by atoms with Gasteiger partial charge in [0, 0.05) is 19.1 Å². The minimum atomic E-state index is 0.728. The maximum Gasteiger partial charge on any atom is 0.0236 e. The van der Waals surface area contributed by atoms with Crippen molar-refractivity contribution < 1.29 is 0 Å². The Labute approximate surface area is 110 Å². The molecule has 1 aromatic rings. The zero-order valence-electron chi connectivity index (χ0n) is 11.7. The molecular formula is C16H24N2. The molecule has 0 radical (unpaired) electrons. The molecule has 2 fully saturated rings. The van der Waals surface area contributed by atoms with E-state index in [1.807, 2.05) is 0 Å². The number of benzene rings is 1. The monoisotopic (exact) mass is 244 g/mol. The summed E-state index contributed by atoms with van der Waals surface area (Å²) in [6, 6.07) is 7.63. The van der Waals surface area contributed by atoms with Gasteiger partial charge in [0.2, 0.25) is 0 Å². The van der Waals surface area contributed by atoms with Gasteiger partial charge in [0.05, 0.1) is 0 Å². The third kappa shape index (κ3) is 2.08. The van der Waals surface area contributed by atoms with Gasteiger partial charge >= 0.3 is 0 Å². The van der Waals surface area contributed by atoms with Crippen LogP contribution in [0.3, 0.4) is 0 Å². The lowest BCUT2D eigenvalue weighted by molar-refractivity contribution is 0.231. The van der Waals surface area contributed by atoms with Crippen molar-refractivity contribution in [2.45, 2.75) is 33.4 Å². The van der Waals surface area contributed by atoms with E-state index in [2.05, 4.69) is 49.2 Å². The lowest BCUT2D eigenvalue weighted by Gasteiger charge is -2.24. The molecule has 0 amide bonds. The minimum Gasteiger partial charge on any atom is -0.316 e. The lowest BCUT2D eigenvalue weighted by atomic mass is 9.95. The first-order valence-corrected chi connectivity index (χ1v) is 7.16. The largest absolute Gasteiger partial charge is 0.316 e. The van der Waals surface area contributed by atoms with Crippen LogP contribution in [0.15, 0.2) is 18.2 Å². The van der Waals surface area contributed by atoms with E-state index in [4.69, 9.17) is 0 Å². The smallest absolute Gasteiger partial charge is 0.0236 e. The van der Waals surface area contributed by atoms with Crippen LogP contribution in [0.25, 0.3) is 0 Å². The van der Waals surface area contributed by atoms with Gasteiger partial charge in [0.25, 0.3) is 0 Å². The quantitative estimate of drug-likeness (QED) is 0.859. The summed E-state index contributed by atoms with van der Waals surface area (Å²) in [6.07, 6.45) is 0. The van der Waals surface area contributed by atoms with Crippen LogP contribution >= 0.6 is 0 Å². The fourth-order valence-electron chi connectivity index (χ4n) is 3.60. The standard InChI is InChI=1S/C16H24N2/c1-11-4-5-14(6-12(11)2)9-18-10-15-7-17-8-16(15)13(18)3/h4-6,13,15-17H,7-10H2,1-3H3. The Morgan fingerprint density at radius 2 is 2.06 bits per heavy atom. The van der Waals surface area contributed by atoms with Crippen LogP contribution in [0.2, 0.25) is 0 Å². The fraction of sp³-hybridized carbons (Fsp3) is 0.625. The maximum absolute atomic E-state index is 3.53. The van der Waals surface area contributed by atoms with Crippen molar-refractivity contribution >= 4 is 0 Å². The second-order valence-electron chi connectivity index (χ2n) is 6.17. The molecule has 3 rings (SSSR count). The topological polar surface area (TPSA) is 15.3 Å². The van der Waals surface area contributed by atoms with Crippen LogP contribution in [-0.4, -0.2) is 30.6 Å². The number of rotatable bonds is 2. The molecule has 1 N–H and O–H groups in total. The normalized spacial score (nSPS) is 31.8. The van der Waals surface area contributed by atoms with Crippen LogP contribution in [0.1, 0.15) is 23.6 Å². The molecule has 2 saturated heterocycles. The first kappa shape index (κ1) is 12.2. The molecule has 0 aliphatic carbocycles. The van der Waals surface area contributed by atoms with Crippen molar-refractivity contribution in [1.29, 1.82) is 0 Å². The average Bonchev–Trinajstić information content (AvgIpc) is 2.89. The van der Waals surface area contributed by atoms with Crippen LogP contribution < -0.4 is 5.32 Å². The summed E-state index contributed by atoms with van der Waals surface area (Å²) in [5.74, 6) is 1.75. The SMILES string of the molecule is Cc1ccc(CN2CC3CNCC3C2C)cc1C. The van der Waals surface area contributed by atoms with Crippen molar-refractivity contribution in [2.24, 2.45) is 11.8 Å². The average molecular weight is 244 g/mol. The Morgan fingerprint density at radius 1 is 1.22 bits per heavy atom. The number of fused-ring (bicyclic) bond motifs is 1. The van der Waals surface area contributed by atoms with E-state index in [0.29, 0.717) is 0 Å². The van der Waals surface area contributed by atoms with Gasteiger partial charge in [-0.05, 0) is 62.4 Å². The van der Waals surface area contributed by atoms with E-state index < -0.39 is 0 Å². The van der Waals surface area contributed by atoms with Crippen molar-refractivity contribution in [2.75, 3.05) is 19.6 Å². The Bertz CT molecular complexity index is 441. The Balaban J connectivity index is 1.71. The van der Waals surface area contributed by atoms with Gasteiger partial charge in [0.15, 0.2) is 0 Å². The summed E-state index contributed by atoms with van der Waals surface area (Å²) in [5.41, 5.74) is 4.29. The van der Waals surface area contributed by atoms with Crippen molar-refractivity contribution in [3.05, 3.63) is 34.9 Å². The van der Waals surface area contributed by atoms with Crippen LogP contribution in [0.5, 0.6) is 0 Å². The second-order valence-corrected chi connectivity index (χ2v) is 6.17. The molecule has 3 atom stereocenters. The van der Waals surface area contributed by atoms with Crippen molar-refractivity contribution in [1.82, 2.24) is 10.2 Å². The van der Waals surface area contributed by atoms with E-state index in [-0.39, 0.29) is 0 Å². The number of aryl methyl sites for hydroxylation is 2. The zero-order chi connectivity index (χ0) is 12.7. The summed E-state index contributed by atoms with van der Waals surface area (Å²) in [6.45, 7) is 11.6. The molecule has 2 aliphatic heterocycles. The van der Waals surface area contributed by atoms with E-state index in [9.17, 15) is 0 Å². The molecule has 2 heterocycles. The van der Waals surface area contributed by atoms with E-state index in [1.54, 1.807) is 0 Å². The predicted molar refractivity (Wildman–Crippen MR) is 75.6 cm³/mol. The molecule has 98 valence electrons. The Hall–Kier alpha value is -0.860. The maximum atomic E-state index is 3.53. The van der Waals surface area contributed by atoms with Crippen molar-refractivity contribution in [3.8, 4) is 0 Å². The number of nitrogens with zero attached hydrogens (tertiary/aromatic N) is 1. The van der Waals surface area contributed by atoms with Crippen molar-refractivity contribution in [3.63, 3.8) is 0 Å². The molecular weight excluding hydrogens is 220 g/mol. The van der Waals surface area contributed by atoms with Crippen LogP contribution in [-0.2, 0) is 6.54 Å². The molecule has 2 heteroatoms. The highest BCUT2D eigenvalue weighted by Gasteiger charge is 2.41. The van der Waals surface area contributed by atoms with Gasteiger partial charge in [-0.2, -0.15) is 0 Å². The highest BCUT2D eigenvalue weighted by molar-refractivity contribution is 5.30. The molecule has 0 saturated carbocycles. The van der Waals surface area contributed by atoms with Gasteiger partial charge in [-0.25, -0.2) is 0 Å². The third-order valence-electron chi connectivity index (χ3n) is 5.01. The van der Waals surface area contributed by atoms with Gasteiger partial charge in [-0.1, -0.05) is 18.2 Å². The number of nitrogens with one attached hydrogen (secondary N) is 1. The van der Waals surface area contributed by atoms with Gasteiger partial charge in [-0.3, -0.25) is 4.90 Å². The summed E-state index contributed by atoms with van der Waals surface area (Å²) in [7, 11) is 0. The molecule has 0 aromatic heterocycles. The van der Waals surface area contributed by atoms with Crippen LogP contribution in [0.4, 0.5) is 0 Å². The molecule has 2 nitrogen and oxygen atoms in total. The van der Waals surface area contributed by atoms with Gasteiger partial charge < -0.3 is 5.32 Å². The molecule has 1 aromatic carbocycles. The van der Waals surface area contributed by atoms with E-state index >= 15 is 0 Å². The highest BCUT2D eigenvalue weighted by Crippen LogP contribution is 2.33. The summed E-state index contributed by atoms with van der Waals surface area (Å²) >= 11 is 0. The van der Waals surface area contributed by atoms with Gasteiger partial charge in [0.1, 0.15) is 0 Å². The van der Waals surface area contributed by atoms with E-state index in [1.165, 1.54) is 36.3 Å². The molecule has 0 spiro atoms. The fourth-order valence-corrected chi connectivity index (χ4v) is 3.60. The molecule has 3 unspecified atom stereocenters. The summed E-state index contributed by atoms with van der Waals surface area (Å²) in [5, 5.41) is 3.53. The first-order valence-electron chi connectivity index (χ1n) is 7.16. The molecule has 0 bridgehead atoms. The summed E-state index contributed by atoms with van der Waals surface area (Å²) in [4.78, 5) is 2.67. The second kappa shape index (κ2) is 4.67. The Morgan fingerprint density at radius 3 is 2.78 bits per heavy atom. The van der Waals surface area contributed by atoms with E-state index in [0.717, 1.165) is 24.4 Å². The third-order valence-corrected chi connectivity index (χ3v) is 5.01. The van der Waals surface area contributed by atoms with Gasteiger partial charge in [-0.15, -0.1) is 0 Å². The number of hydrogen-bond donors (Lipinski definition) is 1. The van der Waals surface area contributed by atoms with Crippen LogP contribution in [0, 0.1) is 25.7 Å². The lowest BCUT2D eigenvalue weighted by Crippen LogP contribution is -2.32. The Kier molecular flexibility index (Phi) is 3.16. The summed E-state index contributed by atoms with van der Waals surface area (Å²) < 4.78 is 0. The predicted octanol–water partition coefficient (Wildman–Crippen LogP) is 2.34. The highest BCUT2D eigenvalue weighted by atomic mass is 15.2. The molecule has 18 heavy (non-hydrogen) atoms. The zero-order valence-corrected chi connectivity index (χ0v) is 11.7.